The third-order valence-electron chi connectivity index (χ3n) is 4.31. The van der Waals surface area contributed by atoms with Crippen LogP contribution in [0.2, 0.25) is 5.02 Å². The molecule has 0 atom stereocenters. The molecular weight excluding hydrogens is 394 g/mol. The molecule has 0 bridgehead atoms. The molecule has 140 valence electrons. The maximum Gasteiger partial charge on any atom is 0.261 e. The molecule has 1 N–H and O–H groups in total. The number of amides is 2. The van der Waals surface area contributed by atoms with E-state index in [1.807, 2.05) is 37.3 Å². The molecule has 3 aromatic rings. The molecule has 1 aromatic heterocycles. The van der Waals surface area contributed by atoms with Crippen LogP contribution in [0.5, 0.6) is 0 Å². The normalized spacial score (nSPS) is 12.8. The van der Waals surface area contributed by atoms with E-state index in [0.29, 0.717) is 27.0 Å². The van der Waals surface area contributed by atoms with E-state index in [9.17, 15) is 9.59 Å². The second-order valence-corrected chi connectivity index (χ2v) is 7.79. The molecule has 0 saturated carbocycles. The van der Waals surface area contributed by atoms with Crippen molar-refractivity contribution in [2.75, 3.05) is 16.8 Å². The van der Waals surface area contributed by atoms with Crippen LogP contribution in [0.1, 0.15) is 15.9 Å². The summed E-state index contributed by atoms with van der Waals surface area (Å²) in [6.07, 6.45) is 1.66. The summed E-state index contributed by atoms with van der Waals surface area (Å²) < 4.78 is 0. The lowest BCUT2D eigenvalue weighted by Crippen LogP contribution is -2.38. The number of carbonyl (C=O) groups excluding carboxylic acids is 2. The van der Waals surface area contributed by atoms with Gasteiger partial charge in [0.15, 0.2) is 0 Å². The Morgan fingerprint density at radius 2 is 2.00 bits per heavy atom. The Hall–Kier alpha value is -2.83. The lowest BCUT2D eigenvalue weighted by atomic mass is 10.2. The average Bonchev–Trinajstić information content (AvgIpc) is 2.79. The first-order valence-corrected chi connectivity index (χ1v) is 9.82. The van der Waals surface area contributed by atoms with Crippen molar-refractivity contribution in [2.45, 2.75) is 16.8 Å². The van der Waals surface area contributed by atoms with E-state index >= 15 is 0 Å². The Morgan fingerprint density at radius 1 is 1.18 bits per heavy atom. The number of benzene rings is 2. The Kier molecular flexibility index (Phi) is 5.07. The molecule has 5 nitrogen and oxygen atoms in total. The zero-order valence-electron chi connectivity index (χ0n) is 15.0. The van der Waals surface area contributed by atoms with Crippen molar-refractivity contribution >= 4 is 46.6 Å². The van der Waals surface area contributed by atoms with E-state index in [1.165, 1.54) is 16.7 Å². The van der Waals surface area contributed by atoms with Crippen LogP contribution in [0.15, 0.2) is 70.7 Å². The first-order valence-electron chi connectivity index (χ1n) is 8.63. The topological polar surface area (TPSA) is 62.3 Å². The monoisotopic (exact) mass is 409 g/mol. The predicted molar refractivity (Wildman–Crippen MR) is 111 cm³/mol. The molecular formula is C21H16ClN3O2S. The summed E-state index contributed by atoms with van der Waals surface area (Å²) >= 11 is 7.63. The summed E-state index contributed by atoms with van der Waals surface area (Å²) in [5, 5.41) is 3.88. The van der Waals surface area contributed by atoms with Crippen molar-refractivity contribution in [1.29, 1.82) is 0 Å². The van der Waals surface area contributed by atoms with Gasteiger partial charge in [-0.15, -0.1) is 0 Å². The fourth-order valence-corrected chi connectivity index (χ4v) is 4.27. The first kappa shape index (κ1) is 18.5. The summed E-state index contributed by atoms with van der Waals surface area (Å²) in [5.74, 6) is -0.586. The third-order valence-corrected chi connectivity index (χ3v) is 5.71. The van der Waals surface area contributed by atoms with Crippen molar-refractivity contribution < 1.29 is 9.59 Å². The highest BCUT2D eigenvalue weighted by Gasteiger charge is 2.29. The second kappa shape index (κ2) is 7.66. The number of para-hydroxylation sites is 1. The molecule has 7 heteroatoms. The number of nitrogens with one attached hydrogen (secondary N) is 1. The van der Waals surface area contributed by atoms with Crippen molar-refractivity contribution in [1.82, 2.24) is 4.98 Å². The number of fused-ring (bicyclic) bond motifs is 2. The molecule has 0 unspecified atom stereocenters. The lowest BCUT2D eigenvalue weighted by molar-refractivity contribution is -0.114. The van der Waals surface area contributed by atoms with Crippen LogP contribution in [-0.2, 0) is 4.79 Å². The van der Waals surface area contributed by atoms with Gasteiger partial charge in [-0.1, -0.05) is 41.6 Å². The Labute approximate surface area is 171 Å². The number of nitrogens with zero attached hydrogens (tertiary/aromatic N) is 2. The van der Waals surface area contributed by atoms with Gasteiger partial charge in [0.25, 0.3) is 5.91 Å². The zero-order chi connectivity index (χ0) is 19.7. The highest BCUT2D eigenvalue weighted by atomic mass is 35.5. The van der Waals surface area contributed by atoms with Crippen LogP contribution in [0, 0.1) is 6.92 Å². The number of carbonyl (C=O) groups is 2. The van der Waals surface area contributed by atoms with Gasteiger partial charge in [-0.25, -0.2) is 4.98 Å². The maximum atomic E-state index is 13.2. The number of hydrogen-bond donors (Lipinski definition) is 1. The van der Waals surface area contributed by atoms with Crippen LogP contribution < -0.4 is 10.2 Å². The van der Waals surface area contributed by atoms with Gasteiger partial charge in [-0.2, -0.15) is 0 Å². The van der Waals surface area contributed by atoms with Crippen LogP contribution >= 0.6 is 23.4 Å². The van der Waals surface area contributed by atoms with Gasteiger partial charge < -0.3 is 5.32 Å². The number of aryl methyl sites for hydroxylation is 1. The fraction of sp³-hybridized carbons (Fsp3) is 0.0952. The van der Waals surface area contributed by atoms with E-state index in [4.69, 9.17) is 11.6 Å². The standard InChI is InChI=1S/C21H16ClN3O2S/c1-13-8-9-16(15(22)11-13)24-19(26)12-25-17-6-2-3-7-18(17)28-20-14(21(25)27)5-4-10-23-20/h2-11H,12H2,1H3,(H,24,26). The first-order chi connectivity index (χ1) is 13.5. The Bertz CT molecular complexity index is 1090. The molecule has 0 saturated heterocycles. The summed E-state index contributed by atoms with van der Waals surface area (Å²) in [6, 6.07) is 16.3. The quantitative estimate of drug-likeness (QED) is 0.675. The second-order valence-electron chi connectivity index (χ2n) is 6.35. The van der Waals surface area contributed by atoms with Crippen LogP contribution in [-0.4, -0.2) is 23.3 Å². The molecule has 2 aromatic carbocycles. The third kappa shape index (κ3) is 3.61. The van der Waals surface area contributed by atoms with Crippen LogP contribution in [0.25, 0.3) is 0 Å². The molecule has 28 heavy (non-hydrogen) atoms. The molecule has 1 aliphatic rings. The Morgan fingerprint density at radius 3 is 2.82 bits per heavy atom. The van der Waals surface area contributed by atoms with Gasteiger partial charge in [0.05, 0.1) is 22.0 Å². The van der Waals surface area contributed by atoms with E-state index in [1.54, 1.807) is 30.5 Å². The number of anilines is 2. The fourth-order valence-electron chi connectivity index (χ4n) is 2.97. The molecule has 0 aliphatic carbocycles. The molecule has 0 fully saturated rings. The van der Waals surface area contributed by atoms with Gasteiger partial charge in [0.1, 0.15) is 11.6 Å². The van der Waals surface area contributed by atoms with Crippen molar-refractivity contribution in [2.24, 2.45) is 0 Å². The van der Waals surface area contributed by atoms with Crippen LogP contribution in [0.4, 0.5) is 11.4 Å². The number of hydrogen-bond acceptors (Lipinski definition) is 4. The van der Waals surface area contributed by atoms with E-state index in [-0.39, 0.29) is 18.4 Å². The lowest BCUT2D eigenvalue weighted by Gasteiger charge is -2.22. The highest BCUT2D eigenvalue weighted by Crippen LogP contribution is 2.40. The summed E-state index contributed by atoms with van der Waals surface area (Å²) in [7, 11) is 0. The molecule has 2 amide bonds. The van der Waals surface area contributed by atoms with Gasteiger partial charge >= 0.3 is 0 Å². The van der Waals surface area contributed by atoms with Gasteiger partial charge in [0.2, 0.25) is 5.91 Å². The molecule has 0 radical (unpaired) electrons. The minimum atomic E-state index is -0.328. The van der Waals surface area contributed by atoms with Crippen molar-refractivity contribution in [3.05, 3.63) is 76.9 Å². The smallest absolute Gasteiger partial charge is 0.261 e. The average molecular weight is 410 g/mol. The molecule has 4 rings (SSSR count). The summed E-state index contributed by atoms with van der Waals surface area (Å²) in [5.41, 5.74) is 2.68. The highest BCUT2D eigenvalue weighted by molar-refractivity contribution is 7.99. The van der Waals surface area contributed by atoms with E-state index < -0.39 is 0 Å². The Balaban J connectivity index is 1.66. The maximum absolute atomic E-state index is 13.2. The molecule has 1 aliphatic heterocycles. The minimum Gasteiger partial charge on any atom is -0.323 e. The van der Waals surface area contributed by atoms with Gasteiger partial charge in [-0.3, -0.25) is 14.5 Å². The van der Waals surface area contributed by atoms with Gasteiger partial charge in [-0.05, 0) is 48.9 Å². The SMILES string of the molecule is Cc1ccc(NC(=O)CN2C(=O)c3cccnc3Sc3ccccc32)c(Cl)c1. The number of halogens is 1. The van der Waals surface area contributed by atoms with Gasteiger partial charge in [0, 0.05) is 11.1 Å². The number of pyridine rings is 1. The van der Waals surface area contributed by atoms with Crippen LogP contribution in [0.3, 0.4) is 0 Å². The minimum absolute atomic E-state index is 0.130. The predicted octanol–water partition coefficient (Wildman–Crippen LogP) is 4.79. The number of rotatable bonds is 3. The molecule has 0 spiro atoms. The zero-order valence-corrected chi connectivity index (χ0v) is 16.6. The summed E-state index contributed by atoms with van der Waals surface area (Å²) in [6.45, 7) is 1.79. The van der Waals surface area contributed by atoms with Crippen molar-refractivity contribution in [3.63, 3.8) is 0 Å². The summed E-state index contributed by atoms with van der Waals surface area (Å²) in [4.78, 5) is 32.6. The van der Waals surface area contributed by atoms with E-state index in [2.05, 4.69) is 10.3 Å². The largest absolute Gasteiger partial charge is 0.323 e. The molecule has 2 heterocycles. The number of aromatic nitrogens is 1. The van der Waals surface area contributed by atoms with Crippen molar-refractivity contribution in [3.8, 4) is 0 Å². The van der Waals surface area contributed by atoms with E-state index in [0.717, 1.165) is 10.5 Å².